The van der Waals surface area contributed by atoms with Gasteiger partial charge in [0, 0.05) is 21.7 Å². The molecule has 10 aromatic rings. The molecule has 57 heavy (non-hydrogen) atoms. The summed E-state index contributed by atoms with van der Waals surface area (Å²) in [6.07, 6.45) is 0. The van der Waals surface area contributed by atoms with Gasteiger partial charge in [-0.05, 0) is 102 Å². The number of pyridine rings is 1. The Morgan fingerprint density at radius 3 is 1.35 bits per heavy atom. The molecule has 0 fully saturated rings. The van der Waals surface area contributed by atoms with Crippen molar-refractivity contribution in [2.75, 3.05) is 0 Å². The lowest BCUT2D eigenvalue weighted by atomic mass is 9.70. The minimum absolute atomic E-state index is 0.396. The number of fused-ring (bicyclic) bond motifs is 14. The molecule has 0 N–H and O–H groups in total. The second-order valence-corrected chi connectivity index (χ2v) is 15.4. The van der Waals surface area contributed by atoms with Crippen molar-refractivity contribution < 1.29 is 0 Å². The van der Waals surface area contributed by atoms with E-state index in [1.807, 2.05) is 0 Å². The quantitative estimate of drug-likeness (QED) is 0.165. The summed E-state index contributed by atoms with van der Waals surface area (Å²) < 4.78 is 0. The van der Waals surface area contributed by atoms with Gasteiger partial charge in [-0.2, -0.15) is 0 Å². The monoisotopic (exact) mass is 721 g/mol. The van der Waals surface area contributed by atoms with Crippen LogP contribution in [0.1, 0.15) is 22.3 Å². The Morgan fingerprint density at radius 1 is 0.298 bits per heavy atom. The Balaban J connectivity index is 1.07. The first kappa shape index (κ1) is 31.9. The molecule has 264 valence electrons. The van der Waals surface area contributed by atoms with E-state index in [4.69, 9.17) is 4.98 Å². The van der Waals surface area contributed by atoms with E-state index >= 15 is 0 Å². The smallest absolute Gasteiger partial charge is 0.0788 e. The highest BCUT2D eigenvalue weighted by molar-refractivity contribution is 6.20. The molecule has 1 heteroatoms. The summed E-state index contributed by atoms with van der Waals surface area (Å²) in [4.78, 5) is 5.43. The van der Waals surface area contributed by atoms with E-state index in [1.54, 1.807) is 0 Å². The molecule has 0 radical (unpaired) electrons. The Morgan fingerprint density at radius 2 is 0.754 bits per heavy atom. The lowest BCUT2D eigenvalue weighted by molar-refractivity contribution is 0.794. The van der Waals surface area contributed by atoms with Crippen molar-refractivity contribution in [2.24, 2.45) is 0 Å². The minimum atomic E-state index is -0.396. The van der Waals surface area contributed by atoms with Gasteiger partial charge in [0.05, 0.1) is 16.6 Å². The lowest BCUT2D eigenvalue weighted by Gasteiger charge is -2.30. The number of benzene rings is 9. The number of hydrogen-bond donors (Lipinski definition) is 0. The third-order valence-corrected chi connectivity index (χ3v) is 12.5. The second kappa shape index (κ2) is 12.3. The van der Waals surface area contributed by atoms with Crippen LogP contribution in [0.4, 0.5) is 0 Å². The van der Waals surface area contributed by atoms with Crippen molar-refractivity contribution in [3.63, 3.8) is 0 Å². The molecule has 0 atom stereocenters. The number of hydrogen-bond acceptors (Lipinski definition) is 1. The normalized spacial score (nSPS) is 13.1. The van der Waals surface area contributed by atoms with Crippen molar-refractivity contribution in [1.29, 1.82) is 0 Å². The van der Waals surface area contributed by atoms with E-state index in [2.05, 4.69) is 212 Å². The number of para-hydroxylation sites is 1. The molecule has 0 aliphatic heterocycles. The standard InChI is InChI=1S/C56H35N/c1-3-15-36(16-4-1)40-33-41(37-17-5-2-6-18-37)35-42(34-40)38-27-29-39(30-28-38)55-47-31-32-51-54(53(47)46-22-10-14-26-52(46)57-55)45-21-9-13-25-50(45)56(51)48-23-11-7-19-43(48)44-20-8-12-24-49(44)56/h1-35H. The summed E-state index contributed by atoms with van der Waals surface area (Å²) >= 11 is 0. The predicted octanol–water partition coefficient (Wildman–Crippen LogP) is 14.4. The van der Waals surface area contributed by atoms with Crippen LogP contribution in [-0.4, -0.2) is 4.98 Å². The summed E-state index contributed by atoms with van der Waals surface area (Å²) in [7, 11) is 0. The Hall–Kier alpha value is -7.35. The first-order valence-corrected chi connectivity index (χ1v) is 19.8. The van der Waals surface area contributed by atoms with Gasteiger partial charge in [-0.25, -0.2) is 4.98 Å². The van der Waals surface area contributed by atoms with Crippen LogP contribution in [0.3, 0.4) is 0 Å². The topological polar surface area (TPSA) is 12.9 Å². The molecule has 2 aliphatic carbocycles. The van der Waals surface area contributed by atoms with E-state index in [0.29, 0.717) is 0 Å². The Labute approximate surface area is 332 Å². The van der Waals surface area contributed by atoms with Crippen LogP contribution in [0.25, 0.3) is 88.6 Å². The SMILES string of the molecule is c1ccc(-c2cc(-c3ccccc3)cc(-c3ccc(-c4nc5ccccc5c5c6c(ccc45)C4(c5ccccc5-c5ccccc54)c4ccccc4-6)cc3)c2)cc1. The molecular formula is C56H35N. The highest BCUT2D eigenvalue weighted by Gasteiger charge is 2.52. The minimum Gasteiger partial charge on any atom is -0.247 e. The van der Waals surface area contributed by atoms with Gasteiger partial charge in [0.1, 0.15) is 0 Å². The van der Waals surface area contributed by atoms with Crippen molar-refractivity contribution in [2.45, 2.75) is 5.41 Å². The second-order valence-electron chi connectivity index (χ2n) is 15.4. The number of rotatable bonds is 4. The summed E-state index contributed by atoms with van der Waals surface area (Å²) in [5.74, 6) is 0. The maximum atomic E-state index is 5.43. The molecule has 1 nitrogen and oxygen atoms in total. The van der Waals surface area contributed by atoms with Gasteiger partial charge < -0.3 is 0 Å². The van der Waals surface area contributed by atoms with E-state index < -0.39 is 5.41 Å². The molecule has 0 amide bonds. The molecule has 1 spiro atoms. The van der Waals surface area contributed by atoms with Gasteiger partial charge in [0.2, 0.25) is 0 Å². The highest BCUT2D eigenvalue weighted by atomic mass is 14.7. The van der Waals surface area contributed by atoms with Crippen LogP contribution in [0.15, 0.2) is 212 Å². The molecule has 0 bridgehead atoms. The average molecular weight is 722 g/mol. The van der Waals surface area contributed by atoms with Gasteiger partial charge >= 0.3 is 0 Å². The van der Waals surface area contributed by atoms with Gasteiger partial charge in [-0.3, -0.25) is 0 Å². The zero-order chi connectivity index (χ0) is 37.5. The third-order valence-electron chi connectivity index (χ3n) is 12.5. The van der Waals surface area contributed by atoms with Gasteiger partial charge in [0.15, 0.2) is 0 Å². The van der Waals surface area contributed by atoms with E-state index in [-0.39, 0.29) is 0 Å². The van der Waals surface area contributed by atoms with Crippen molar-refractivity contribution in [3.8, 4) is 66.9 Å². The summed E-state index contributed by atoms with van der Waals surface area (Å²) in [6, 6.07) is 77.9. The van der Waals surface area contributed by atoms with Crippen LogP contribution in [0.5, 0.6) is 0 Å². The maximum Gasteiger partial charge on any atom is 0.0788 e. The van der Waals surface area contributed by atoms with E-state index in [1.165, 1.54) is 94.0 Å². The first-order chi connectivity index (χ1) is 28.3. The molecule has 1 heterocycles. The number of aromatic nitrogens is 1. The van der Waals surface area contributed by atoms with Crippen LogP contribution in [-0.2, 0) is 5.41 Å². The fourth-order valence-corrected chi connectivity index (χ4v) is 10.1. The Bertz CT molecular complexity index is 3110. The Kier molecular flexibility index (Phi) is 6.91. The molecule has 2 aliphatic rings. The van der Waals surface area contributed by atoms with Gasteiger partial charge in [0.25, 0.3) is 0 Å². The van der Waals surface area contributed by atoms with Crippen LogP contribution >= 0.6 is 0 Å². The van der Waals surface area contributed by atoms with E-state index in [9.17, 15) is 0 Å². The van der Waals surface area contributed by atoms with Crippen molar-refractivity contribution in [1.82, 2.24) is 4.98 Å². The lowest BCUT2D eigenvalue weighted by Crippen LogP contribution is -2.25. The van der Waals surface area contributed by atoms with Gasteiger partial charge in [-0.1, -0.05) is 188 Å². The molecule has 9 aromatic carbocycles. The zero-order valence-electron chi connectivity index (χ0n) is 31.2. The van der Waals surface area contributed by atoms with Crippen LogP contribution < -0.4 is 0 Å². The highest BCUT2D eigenvalue weighted by Crippen LogP contribution is 2.64. The molecule has 0 saturated carbocycles. The van der Waals surface area contributed by atoms with Crippen molar-refractivity contribution in [3.05, 3.63) is 235 Å². The van der Waals surface area contributed by atoms with Gasteiger partial charge in [-0.15, -0.1) is 0 Å². The van der Waals surface area contributed by atoms with Crippen LogP contribution in [0, 0.1) is 0 Å². The predicted molar refractivity (Wildman–Crippen MR) is 237 cm³/mol. The summed E-state index contributed by atoms with van der Waals surface area (Å²) in [5.41, 5.74) is 20.6. The molecule has 1 aromatic heterocycles. The summed E-state index contributed by atoms with van der Waals surface area (Å²) in [5, 5.41) is 3.62. The van der Waals surface area contributed by atoms with Crippen LogP contribution in [0.2, 0.25) is 0 Å². The maximum absolute atomic E-state index is 5.43. The zero-order valence-corrected chi connectivity index (χ0v) is 31.2. The third kappa shape index (κ3) is 4.60. The average Bonchev–Trinajstić information content (AvgIpc) is 3.77. The summed E-state index contributed by atoms with van der Waals surface area (Å²) in [6.45, 7) is 0. The van der Waals surface area contributed by atoms with E-state index in [0.717, 1.165) is 16.8 Å². The number of nitrogens with zero attached hydrogens (tertiary/aromatic N) is 1. The fourth-order valence-electron chi connectivity index (χ4n) is 10.1. The molecule has 12 rings (SSSR count). The first-order valence-electron chi connectivity index (χ1n) is 19.8. The molecule has 0 saturated heterocycles. The largest absolute Gasteiger partial charge is 0.247 e. The van der Waals surface area contributed by atoms with Crippen molar-refractivity contribution >= 4 is 21.7 Å². The molecule has 0 unspecified atom stereocenters. The fraction of sp³-hybridized carbons (Fsp3) is 0.0179. The molecular weight excluding hydrogens is 687 g/mol.